The van der Waals surface area contributed by atoms with Gasteiger partial charge in [-0.2, -0.15) is 0 Å². The molecule has 5 nitrogen and oxygen atoms in total. The Morgan fingerprint density at radius 2 is 1.45 bits per heavy atom. The average Bonchev–Trinajstić information content (AvgIpc) is 2.76. The second-order valence-electron chi connectivity index (χ2n) is 7.45. The zero-order valence-electron chi connectivity index (χ0n) is 17.9. The molecule has 0 atom stereocenters. The number of benzene rings is 1. The summed E-state index contributed by atoms with van der Waals surface area (Å²) in [6.07, 6.45) is 16.1. The average molecular weight is 399 g/mol. The third-order valence-corrected chi connectivity index (χ3v) is 4.85. The first kappa shape index (κ1) is 22.9. The SMILES string of the molecule is CCCCCCCCCc1cnc(-c2ccc(OOC(=O)CCCC)cc2)nc1. The lowest BCUT2D eigenvalue weighted by atomic mass is 10.1. The molecule has 0 aliphatic carbocycles. The number of rotatable bonds is 14. The summed E-state index contributed by atoms with van der Waals surface area (Å²) in [5.74, 6) is 0.810. The van der Waals surface area contributed by atoms with E-state index < -0.39 is 0 Å². The van der Waals surface area contributed by atoms with E-state index in [1.54, 1.807) is 12.1 Å². The number of unbranched alkanes of at least 4 members (excludes halogenated alkanes) is 7. The van der Waals surface area contributed by atoms with Crippen LogP contribution in [0.2, 0.25) is 0 Å². The van der Waals surface area contributed by atoms with Crippen LogP contribution in [-0.2, 0) is 16.1 Å². The number of aromatic nitrogens is 2. The molecule has 0 fully saturated rings. The van der Waals surface area contributed by atoms with Gasteiger partial charge in [-0.1, -0.05) is 58.8 Å². The van der Waals surface area contributed by atoms with Gasteiger partial charge in [0.05, 0.1) is 6.42 Å². The van der Waals surface area contributed by atoms with Crippen LogP contribution in [0.15, 0.2) is 36.7 Å². The summed E-state index contributed by atoms with van der Waals surface area (Å²) in [6.45, 7) is 4.27. The van der Waals surface area contributed by atoms with Crippen LogP contribution < -0.4 is 4.89 Å². The maximum atomic E-state index is 11.5. The molecule has 1 heterocycles. The van der Waals surface area contributed by atoms with Gasteiger partial charge in [-0.25, -0.2) is 14.8 Å². The number of carbonyl (C=O) groups is 1. The van der Waals surface area contributed by atoms with Crippen LogP contribution in [0.1, 0.15) is 83.6 Å². The molecule has 0 saturated heterocycles. The van der Waals surface area contributed by atoms with Crippen LogP contribution >= 0.6 is 0 Å². The Kier molecular flexibility index (Phi) is 10.8. The summed E-state index contributed by atoms with van der Waals surface area (Å²) in [5.41, 5.74) is 2.08. The molecule has 2 aromatic rings. The van der Waals surface area contributed by atoms with Gasteiger partial charge in [-0.3, -0.25) is 9.78 Å². The van der Waals surface area contributed by atoms with Gasteiger partial charge in [0.25, 0.3) is 0 Å². The molecule has 158 valence electrons. The van der Waals surface area contributed by atoms with Crippen molar-refractivity contribution in [3.05, 3.63) is 42.2 Å². The molecule has 0 saturated carbocycles. The number of nitrogens with zero attached hydrogens (tertiary/aromatic N) is 2. The van der Waals surface area contributed by atoms with Crippen molar-refractivity contribution in [3.8, 4) is 17.1 Å². The number of aryl methyl sites for hydroxylation is 1. The molecule has 0 spiro atoms. The number of carbonyl (C=O) groups excluding carboxylic acids is 1. The lowest BCUT2D eigenvalue weighted by Gasteiger charge is -2.06. The Balaban J connectivity index is 1.74. The van der Waals surface area contributed by atoms with Crippen LogP contribution in [0.3, 0.4) is 0 Å². The highest BCUT2D eigenvalue weighted by atomic mass is 17.2. The molecule has 0 N–H and O–H groups in total. The second-order valence-corrected chi connectivity index (χ2v) is 7.45. The molecule has 5 heteroatoms. The van der Waals surface area contributed by atoms with Gasteiger partial charge in [-0.15, -0.1) is 0 Å². The van der Waals surface area contributed by atoms with Crippen molar-refractivity contribution < 1.29 is 14.6 Å². The first-order valence-electron chi connectivity index (χ1n) is 11.0. The molecule has 0 radical (unpaired) electrons. The van der Waals surface area contributed by atoms with Gasteiger partial charge in [0, 0.05) is 18.0 Å². The molecule has 2 rings (SSSR count). The van der Waals surface area contributed by atoms with Crippen molar-refractivity contribution in [2.24, 2.45) is 0 Å². The molecule has 0 unspecified atom stereocenters. The monoisotopic (exact) mass is 398 g/mol. The van der Waals surface area contributed by atoms with E-state index in [1.165, 1.54) is 50.5 Å². The van der Waals surface area contributed by atoms with Crippen molar-refractivity contribution in [3.63, 3.8) is 0 Å². The zero-order valence-corrected chi connectivity index (χ0v) is 17.9. The Bertz CT molecular complexity index is 699. The van der Waals surface area contributed by atoms with Crippen LogP contribution in [-0.4, -0.2) is 15.9 Å². The minimum absolute atomic E-state index is 0.351. The van der Waals surface area contributed by atoms with E-state index in [-0.39, 0.29) is 5.97 Å². The first-order valence-corrected chi connectivity index (χ1v) is 11.0. The molecule has 1 aromatic heterocycles. The smallest absolute Gasteiger partial charge is 0.287 e. The van der Waals surface area contributed by atoms with Crippen LogP contribution in [0, 0.1) is 0 Å². The van der Waals surface area contributed by atoms with E-state index in [0.29, 0.717) is 18.0 Å². The molecular formula is C24H34N2O3. The highest BCUT2D eigenvalue weighted by molar-refractivity contribution is 5.68. The van der Waals surface area contributed by atoms with Crippen molar-refractivity contribution in [2.75, 3.05) is 0 Å². The van der Waals surface area contributed by atoms with Crippen LogP contribution in [0.5, 0.6) is 5.75 Å². The van der Waals surface area contributed by atoms with Crippen molar-refractivity contribution in [1.82, 2.24) is 9.97 Å². The van der Waals surface area contributed by atoms with Crippen molar-refractivity contribution in [2.45, 2.75) is 84.5 Å². The summed E-state index contributed by atoms with van der Waals surface area (Å²) in [7, 11) is 0. The molecular weight excluding hydrogens is 364 g/mol. The van der Waals surface area contributed by atoms with E-state index in [1.807, 2.05) is 31.5 Å². The summed E-state index contributed by atoms with van der Waals surface area (Å²) in [4.78, 5) is 30.3. The van der Waals surface area contributed by atoms with Crippen molar-refractivity contribution in [1.29, 1.82) is 0 Å². The topological polar surface area (TPSA) is 61.3 Å². The molecule has 0 aliphatic heterocycles. The van der Waals surface area contributed by atoms with E-state index in [2.05, 4.69) is 16.9 Å². The van der Waals surface area contributed by atoms with Crippen LogP contribution in [0.25, 0.3) is 11.4 Å². The van der Waals surface area contributed by atoms with Gasteiger partial charge < -0.3 is 0 Å². The highest BCUT2D eigenvalue weighted by Gasteiger charge is 2.06. The quantitative estimate of drug-likeness (QED) is 0.207. The van der Waals surface area contributed by atoms with Gasteiger partial charge in [0.15, 0.2) is 11.6 Å². The summed E-state index contributed by atoms with van der Waals surface area (Å²) < 4.78 is 0. The number of hydrogen-bond donors (Lipinski definition) is 0. The predicted octanol–water partition coefficient (Wildman–Crippen LogP) is 6.46. The lowest BCUT2D eigenvalue weighted by molar-refractivity contribution is -0.213. The second kappa shape index (κ2) is 13.7. The molecule has 0 bridgehead atoms. The molecule has 1 aromatic carbocycles. The predicted molar refractivity (Wildman–Crippen MR) is 115 cm³/mol. The highest BCUT2D eigenvalue weighted by Crippen LogP contribution is 2.20. The Labute approximate surface area is 174 Å². The van der Waals surface area contributed by atoms with Gasteiger partial charge >= 0.3 is 5.97 Å². The third-order valence-electron chi connectivity index (χ3n) is 4.85. The third kappa shape index (κ3) is 9.07. The molecule has 0 amide bonds. The Morgan fingerprint density at radius 1 is 0.828 bits per heavy atom. The van der Waals surface area contributed by atoms with E-state index in [9.17, 15) is 4.79 Å². The lowest BCUT2D eigenvalue weighted by Crippen LogP contribution is -2.07. The maximum absolute atomic E-state index is 11.5. The van der Waals surface area contributed by atoms with Gasteiger partial charge in [-0.05, 0) is 49.1 Å². The van der Waals surface area contributed by atoms with E-state index >= 15 is 0 Å². The maximum Gasteiger partial charge on any atom is 0.355 e. The standard InChI is InChI=1S/C24H34N2O3/c1-3-5-7-8-9-10-11-12-20-18-25-24(26-19-20)21-14-16-22(17-15-21)28-29-23(27)13-6-4-2/h14-19H,3-13H2,1-2H3. The van der Waals surface area contributed by atoms with E-state index in [0.717, 1.165) is 24.8 Å². The molecule has 0 aliphatic rings. The van der Waals surface area contributed by atoms with Crippen LogP contribution in [0.4, 0.5) is 0 Å². The summed E-state index contributed by atoms with van der Waals surface area (Å²) >= 11 is 0. The van der Waals surface area contributed by atoms with Gasteiger partial charge in [0.1, 0.15) is 0 Å². The normalized spacial score (nSPS) is 10.7. The minimum Gasteiger partial charge on any atom is -0.287 e. The minimum atomic E-state index is -0.351. The Morgan fingerprint density at radius 3 is 2.10 bits per heavy atom. The zero-order chi connectivity index (χ0) is 20.7. The fraction of sp³-hybridized carbons (Fsp3) is 0.542. The van der Waals surface area contributed by atoms with E-state index in [4.69, 9.17) is 9.78 Å². The van der Waals surface area contributed by atoms with Crippen molar-refractivity contribution >= 4 is 5.97 Å². The number of hydrogen-bond acceptors (Lipinski definition) is 5. The summed E-state index contributed by atoms with van der Waals surface area (Å²) in [6, 6.07) is 7.22. The Hall–Kier alpha value is -2.43. The largest absolute Gasteiger partial charge is 0.355 e. The van der Waals surface area contributed by atoms with Gasteiger partial charge in [0.2, 0.25) is 0 Å². The fourth-order valence-electron chi connectivity index (χ4n) is 3.04. The fourth-order valence-corrected chi connectivity index (χ4v) is 3.04. The first-order chi connectivity index (χ1) is 14.2. The summed E-state index contributed by atoms with van der Waals surface area (Å²) in [5, 5.41) is 0. The molecule has 29 heavy (non-hydrogen) atoms.